The van der Waals surface area contributed by atoms with Crippen LogP contribution in [0.1, 0.15) is 16.8 Å². The highest BCUT2D eigenvalue weighted by molar-refractivity contribution is 6.31. The van der Waals surface area contributed by atoms with Crippen molar-refractivity contribution in [2.45, 2.75) is 12.5 Å². The van der Waals surface area contributed by atoms with Crippen molar-refractivity contribution in [2.75, 3.05) is 13.1 Å². The second kappa shape index (κ2) is 7.44. The summed E-state index contributed by atoms with van der Waals surface area (Å²) in [7, 11) is 0. The van der Waals surface area contributed by atoms with Crippen LogP contribution in [-0.2, 0) is 0 Å². The molecule has 0 N–H and O–H groups in total. The molecule has 28 heavy (non-hydrogen) atoms. The minimum absolute atomic E-state index is 0.0121. The molecule has 1 aliphatic rings. The fraction of sp³-hybridized carbons (Fsp3) is 0.200. The van der Waals surface area contributed by atoms with Crippen LogP contribution >= 0.6 is 11.6 Å². The number of hydrogen-bond acceptors (Lipinski definition) is 5. The number of benzene rings is 2. The van der Waals surface area contributed by atoms with Gasteiger partial charge in [0.2, 0.25) is 5.88 Å². The zero-order chi connectivity index (χ0) is 19.7. The molecule has 1 aromatic heterocycles. The molecule has 142 valence electrons. The highest BCUT2D eigenvalue weighted by Gasteiger charge is 2.32. The van der Waals surface area contributed by atoms with E-state index in [1.54, 1.807) is 11.0 Å². The van der Waals surface area contributed by atoms with Crippen LogP contribution in [-0.4, -0.2) is 39.9 Å². The van der Waals surface area contributed by atoms with Gasteiger partial charge in [-0.05, 0) is 24.3 Å². The molecular weight excluding hydrogens is 382 g/mol. The number of nitro groups is 1. The van der Waals surface area contributed by atoms with Gasteiger partial charge in [0.05, 0.1) is 17.0 Å². The molecule has 1 aliphatic heterocycles. The third kappa shape index (κ3) is 3.61. The first-order chi connectivity index (χ1) is 13.5. The molecule has 1 atom stereocenters. The number of fused-ring (bicyclic) bond motifs is 1. The lowest BCUT2D eigenvalue weighted by Gasteiger charge is -2.17. The molecule has 0 saturated carbocycles. The molecule has 0 spiro atoms. The number of hydrogen-bond donors (Lipinski definition) is 0. The second-order valence-corrected chi connectivity index (χ2v) is 6.98. The second-order valence-electron chi connectivity index (χ2n) is 6.54. The van der Waals surface area contributed by atoms with Gasteiger partial charge in [0.1, 0.15) is 11.7 Å². The lowest BCUT2D eigenvalue weighted by atomic mass is 10.1. The predicted octanol–water partition coefficient (Wildman–Crippen LogP) is 4.09. The van der Waals surface area contributed by atoms with Crippen molar-refractivity contribution in [1.29, 1.82) is 0 Å². The molecule has 1 unspecified atom stereocenters. The quantitative estimate of drug-likeness (QED) is 0.489. The molecule has 0 radical (unpaired) electrons. The lowest BCUT2D eigenvalue weighted by molar-refractivity contribution is -0.385. The summed E-state index contributed by atoms with van der Waals surface area (Å²) in [6.45, 7) is 0.776. The van der Waals surface area contributed by atoms with Gasteiger partial charge in [0.15, 0.2) is 0 Å². The van der Waals surface area contributed by atoms with E-state index in [2.05, 4.69) is 4.98 Å². The fourth-order valence-corrected chi connectivity index (χ4v) is 3.47. The van der Waals surface area contributed by atoms with Crippen molar-refractivity contribution >= 4 is 34.1 Å². The normalized spacial score (nSPS) is 16.3. The Bertz CT molecular complexity index is 1070. The first-order valence-electron chi connectivity index (χ1n) is 8.77. The fourth-order valence-electron chi connectivity index (χ4n) is 3.30. The van der Waals surface area contributed by atoms with Gasteiger partial charge < -0.3 is 9.64 Å². The number of rotatable bonds is 4. The van der Waals surface area contributed by atoms with Gasteiger partial charge in [-0.15, -0.1) is 0 Å². The number of para-hydroxylation sites is 1. The Hall–Kier alpha value is -3.19. The summed E-state index contributed by atoms with van der Waals surface area (Å²) >= 11 is 5.93. The summed E-state index contributed by atoms with van der Waals surface area (Å²) in [5, 5.41) is 12.5. The van der Waals surface area contributed by atoms with Crippen molar-refractivity contribution in [3.8, 4) is 5.88 Å². The first-order valence-corrected chi connectivity index (χ1v) is 9.15. The molecule has 4 rings (SSSR count). The third-order valence-electron chi connectivity index (χ3n) is 4.68. The van der Waals surface area contributed by atoms with Gasteiger partial charge in [-0.3, -0.25) is 14.9 Å². The molecule has 7 nitrogen and oxygen atoms in total. The smallest absolute Gasteiger partial charge is 0.282 e. The van der Waals surface area contributed by atoms with E-state index in [0.29, 0.717) is 25.4 Å². The number of aromatic nitrogens is 1. The van der Waals surface area contributed by atoms with Gasteiger partial charge in [0, 0.05) is 35.5 Å². The van der Waals surface area contributed by atoms with Crippen LogP contribution in [0, 0.1) is 10.1 Å². The van der Waals surface area contributed by atoms with Crippen LogP contribution in [0.25, 0.3) is 10.9 Å². The van der Waals surface area contributed by atoms with Gasteiger partial charge in [0.25, 0.3) is 11.6 Å². The van der Waals surface area contributed by atoms with Crippen LogP contribution in [0.5, 0.6) is 5.88 Å². The van der Waals surface area contributed by atoms with Crippen molar-refractivity contribution in [2.24, 2.45) is 0 Å². The monoisotopic (exact) mass is 397 g/mol. The Morgan fingerprint density at radius 1 is 1.21 bits per heavy atom. The van der Waals surface area contributed by atoms with Crippen LogP contribution in [0.2, 0.25) is 5.02 Å². The average molecular weight is 398 g/mol. The lowest BCUT2D eigenvalue weighted by Crippen LogP contribution is -2.31. The Balaban J connectivity index is 1.48. The molecule has 8 heteroatoms. The van der Waals surface area contributed by atoms with E-state index >= 15 is 0 Å². The number of ether oxygens (including phenoxy) is 1. The largest absolute Gasteiger partial charge is 0.472 e. The predicted molar refractivity (Wildman–Crippen MR) is 105 cm³/mol. The number of carbonyl (C=O) groups is 1. The number of carbonyl (C=O) groups excluding carboxylic acids is 1. The highest BCUT2D eigenvalue weighted by Crippen LogP contribution is 2.27. The zero-order valence-corrected chi connectivity index (χ0v) is 15.5. The van der Waals surface area contributed by atoms with Crippen LogP contribution in [0.4, 0.5) is 5.69 Å². The van der Waals surface area contributed by atoms with E-state index in [4.69, 9.17) is 16.3 Å². The molecule has 1 amide bonds. The number of nitro benzene ring substituents is 1. The van der Waals surface area contributed by atoms with Gasteiger partial charge in [-0.2, -0.15) is 0 Å². The van der Waals surface area contributed by atoms with Crippen LogP contribution < -0.4 is 4.74 Å². The number of pyridine rings is 1. The standard InChI is InChI=1S/C20H16ClN3O4/c21-14-6-7-18(24(26)27)16(11-14)20(25)23-10-9-15(12-23)28-19-8-5-13-3-1-2-4-17(13)22-19/h1-8,11,15H,9-10,12H2. The minimum atomic E-state index is -0.577. The Kier molecular flexibility index (Phi) is 4.83. The molecular formula is C20H16ClN3O4. The maximum atomic E-state index is 12.8. The topological polar surface area (TPSA) is 85.6 Å². The molecule has 1 saturated heterocycles. The maximum absolute atomic E-state index is 12.8. The van der Waals surface area contributed by atoms with Gasteiger partial charge in [-0.25, -0.2) is 4.98 Å². The number of likely N-dealkylation sites (tertiary alicyclic amines) is 1. The van der Waals surface area contributed by atoms with E-state index in [0.717, 1.165) is 10.9 Å². The van der Waals surface area contributed by atoms with Crippen molar-refractivity contribution < 1.29 is 14.5 Å². The Morgan fingerprint density at radius 3 is 2.86 bits per heavy atom. The number of nitrogens with zero attached hydrogens (tertiary/aromatic N) is 3. The summed E-state index contributed by atoms with van der Waals surface area (Å²) in [6, 6.07) is 15.5. The molecule has 0 aliphatic carbocycles. The number of halogens is 1. The summed E-state index contributed by atoms with van der Waals surface area (Å²) < 4.78 is 5.94. The summed E-state index contributed by atoms with van der Waals surface area (Å²) in [5.74, 6) is 0.0681. The van der Waals surface area contributed by atoms with E-state index in [-0.39, 0.29) is 22.4 Å². The van der Waals surface area contributed by atoms with Crippen LogP contribution in [0.15, 0.2) is 54.6 Å². The first kappa shape index (κ1) is 18.2. The van der Waals surface area contributed by atoms with Gasteiger partial charge in [-0.1, -0.05) is 29.8 Å². The maximum Gasteiger partial charge on any atom is 0.282 e. The minimum Gasteiger partial charge on any atom is -0.472 e. The van der Waals surface area contributed by atoms with Gasteiger partial charge >= 0.3 is 0 Å². The van der Waals surface area contributed by atoms with E-state index in [9.17, 15) is 14.9 Å². The van der Waals surface area contributed by atoms with Crippen molar-refractivity contribution in [3.63, 3.8) is 0 Å². The van der Waals surface area contributed by atoms with Crippen molar-refractivity contribution in [3.05, 3.63) is 75.3 Å². The SMILES string of the molecule is O=C(c1cc(Cl)ccc1[N+](=O)[O-])N1CCC(Oc2ccc3ccccc3n2)C1. The summed E-state index contributed by atoms with van der Waals surface area (Å²) in [4.78, 5) is 29.5. The molecule has 1 fully saturated rings. The summed E-state index contributed by atoms with van der Waals surface area (Å²) in [6.07, 6.45) is 0.394. The third-order valence-corrected chi connectivity index (χ3v) is 4.91. The van der Waals surface area contributed by atoms with Crippen molar-refractivity contribution in [1.82, 2.24) is 9.88 Å². The Morgan fingerprint density at radius 2 is 2.04 bits per heavy atom. The molecule has 3 aromatic rings. The molecule has 2 aromatic carbocycles. The average Bonchev–Trinajstić information content (AvgIpc) is 3.15. The number of amides is 1. The zero-order valence-electron chi connectivity index (χ0n) is 14.7. The van der Waals surface area contributed by atoms with E-state index < -0.39 is 10.8 Å². The Labute approximate surface area is 165 Å². The van der Waals surface area contributed by atoms with E-state index in [1.807, 2.05) is 30.3 Å². The van der Waals surface area contributed by atoms with E-state index in [1.165, 1.54) is 18.2 Å². The molecule has 0 bridgehead atoms. The van der Waals surface area contributed by atoms with Crippen LogP contribution in [0.3, 0.4) is 0 Å². The highest BCUT2D eigenvalue weighted by atomic mass is 35.5. The molecule has 2 heterocycles. The summed E-state index contributed by atoms with van der Waals surface area (Å²) in [5.41, 5.74) is 0.567.